The van der Waals surface area contributed by atoms with Gasteiger partial charge in [0.05, 0.1) is 0 Å². The molecule has 0 heteroatoms. The van der Waals surface area contributed by atoms with E-state index in [1.165, 1.54) is 38.5 Å². The molecule has 0 saturated heterocycles. The lowest BCUT2D eigenvalue weighted by molar-refractivity contribution is 0.000248. The first-order chi connectivity index (χ1) is 5.23. The van der Waals surface area contributed by atoms with Gasteiger partial charge in [0.15, 0.2) is 0 Å². The molecule has 64 valence electrons. The third kappa shape index (κ3) is 1.02. The van der Waals surface area contributed by atoms with Crippen LogP contribution < -0.4 is 0 Å². The van der Waals surface area contributed by atoms with Crippen molar-refractivity contribution in [3.8, 4) is 0 Å². The fraction of sp³-hybridized carbons (Fsp3) is 1.00. The predicted molar refractivity (Wildman–Crippen MR) is 48.5 cm³/mol. The van der Waals surface area contributed by atoms with E-state index in [9.17, 15) is 0 Å². The Labute approximate surface area is 70.4 Å². The van der Waals surface area contributed by atoms with E-state index in [0.29, 0.717) is 0 Å². The zero-order valence-electron chi connectivity index (χ0n) is 7.90. The highest BCUT2D eigenvalue weighted by atomic mass is 14.5. The third-order valence-corrected chi connectivity index (χ3v) is 4.53. The molecule has 0 heterocycles. The number of rotatable bonds is 1. The second kappa shape index (κ2) is 2.50. The second-order valence-electron chi connectivity index (χ2n) is 4.93. The summed E-state index contributed by atoms with van der Waals surface area (Å²) < 4.78 is 0. The van der Waals surface area contributed by atoms with Crippen molar-refractivity contribution in [3.05, 3.63) is 0 Å². The van der Waals surface area contributed by atoms with E-state index in [2.05, 4.69) is 13.8 Å². The van der Waals surface area contributed by atoms with Gasteiger partial charge < -0.3 is 0 Å². The van der Waals surface area contributed by atoms with Crippen molar-refractivity contribution >= 4 is 0 Å². The zero-order chi connectivity index (χ0) is 7.90. The molecule has 0 unspecified atom stereocenters. The Balaban J connectivity index is 2.01. The van der Waals surface area contributed by atoms with Crippen LogP contribution in [0.5, 0.6) is 0 Å². The van der Waals surface area contributed by atoms with Crippen LogP contribution in [0, 0.1) is 17.3 Å². The normalized spacial score (nSPS) is 45.8. The highest BCUT2D eigenvalue weighted by molar-refractivity contribution is 4.96. The van der Waals surface area contributed by atoms with Crippen LogP contribution in [-0.4, -0.2) is 0 Å². The molecule has 2 rings (SSSR count). The Morgan fingerprint density at radius 2 is 1.73 bits per heavy atom. The molecule has 2 aliphatic rings. The summed E-state index contributed by atoms with van der Waals surface area (Å²) in [6.45, 7) is 4.97. The van der Waals surface area contributed by atoms with Gasteiger partial charge in [-0.15, -0.1) is 0 Å². The molecule has 2 fully saturated rings. The summed E-state index contributed by atoms with van der Waals surface area (Å²) in [6.07, 6.45) is 9.08. The van der Waals surface area contributed by atoms with Crippen LogP contribution in [0.1, 0.15) is 52.4 Å². The van der Waals surface area contributed by atoms with Gasteiger partial charge in [0.25, 0.3) is 0 Å². The first kappa shape index (κ1) is 7.64. The van der Waals surface area contributed by atoms with Gasteiger partial charge in [-0.25, -0.2) is 0 Å². The number of hydrogen-bond donors (Lipinski definition) is 0. The maximum atomic E-state index is 2.52. The summed E-state index contributed by atoms with van der Waals surface area (Å²) in [5.41, 5.74) is 0.760. The monoisotopic (exact) mass is 152 g/mol. The molecule has 0 aromatic carbocycles. The molecule has 0 spiro atoms. The van der Waals surface area contributed by atoms with E-state index in [1.54, 1.807) is 0 Å². The van der Waals surface area contributed by atoms with Crippen LogP contribution in [0.3, 0.4) is 0 Å². The predicted octanol–water partition coefficient (Wildman–Crippen LogP) is 3.61. The lowest BCUT2D eigenvalue weighted by atomic mass is 9.55. The first-order valence-electron chi connectivity index (χ1n) is 5.23. The Morgan fingerprint density at radius 3 is 2.09 bits per heavy atom. The Kier molecular flexibility index (Phi) is 1.74. The summed E-state index contributed by atoms with van der Waals surface area (Å²) in [6, 6.07) is 0. The molecule has 0 aliphatic heterocycles. The van der Waals surface area contributed by atoms with E-state index in [0.717, 1.165) is 17.3 Å². The number of hydrogen-bond acceptors (Lipinski definition) is 0. The Morgan fingerprint density at radius 1 is 1.09 bits per heavy atom. The van der Waals surface area contributed by atoms with Crippen molar-refractivity contribution in [3.63, 3.8) is 0 Å². The molecule has 0 aromatic heterocycles. The van der Waals surface area contributed by atoms with Gasteiger partial charge in [-0.3, -0.25) is 0 Å². The van der Waals surface area contributed by atoms with Gasteiger partial charge in [0.2, 0.25) is 0 Å². The topological polar surface area (TPSA) is 0 Å². The van der Waals surface area contributed by atoms with Crippen molar-refractivity contribution in [2.75, 3.05) is 0 Å². The lowest BCUT2D eigenvalue weighted by Gasteiger charge is -2.50. The Bertz CT molecular complexity index is 144. The summed E-state index contributed by atoms with van der Waals surface area (Å²) in [5, 5.41) is 0. The van der Waals surface area contributed by atoms with Crippen LogP contribution in [0.2, 0.25) is 0 Å². The fourth-order valence-electron chi connectivity index (χ4n) is 3.08. The van der Waals surface area contributed by atoms with Gasteiger partial charge in [0, 0.05) is 0 Å². The molecule has 11 heavy (non-hydrogen) atoms. The summed E-state index contributed by atoms with van der Waals surface area (Å²) >= 11 is 0. The molecular weight excluding hydrogens is 132 g/mol. The molecule has 0 bridgehead atoms. The SMILES string of the molecule is C[C@@H]1CC[C@@]1(C)C1CCCC1. The fourth-order valence-corrected chi connectivity index (χ4v) is 3.08. The summed E-state index contributed by atoms with van der Waals surface area (Å²) in [5.74, 6) is 2.11. The maximum Gasteiger partial charge on any atom is -0.0272 e. The van der Waals surface area contributed by atoms with Crippen molar-refractivity contribution in [2.45, 2.75) is 52.4 Å². The Hall–Kier alpha value is 0. The third-order valence-electron chi connectivity index (χ3n) is 4.53. The average molecular weight is 152 g/mol. The quantitative estimate of drug-likeness (QED) is 0.538. The summed E-state index contributed by atoms with van der Waals surface area (Å²) in [4.78, 5) is 0. The first-order valence-corrected chi connectivity index (χ1v) is 5.23. The molecule has 0 aromatic rings. The van der Waals surface area contributed by atoms with Crippen LogP contribution in [-0.2, 0) is 0 Å². The minimum atomic E-state index is 0.760. The smallest absolute Gasteiger partial charge is 0.0272 e. The van der Waals surface area contributed by atoms with E-state index < -0.39 is 0 Å². The second-order valence-corrected chi connectivity index (χ2v) is 4.93. The van der Waals surface area contributed by atoms with Gasteiger partial charge in [-0.1, -0.05) is 26.7 Å². The molecule has 0 N–H and O–H groups in total. The maximum absolute atomic E-state index is 2.52. The lowest BCUT2D eigenvalue weighted by Crippen LogP contribution is -2.41. The minimum Gasteiger partial charge on any atom is -0.0620 e. The van der Waals surface area contributed by atoms with Gasteiger partial charge in [-0.05, 0) is 42.9 Å². The van der Waals surface area contributed by atoms with Crippen LogP contribution in [0.4, 0.5) is 0 Å². The minimum absolute atomic E-state index is 0.760. The van der Waals surface area contributed by atoms with E-state index in [1.807, 2.05) is 0 Å². The molecule has 0 nitrogen and oxygen atoms in total. The van der Waals surface area contributed by atoms with E-state index in [-0.39, 0.29) is 0 Å². The molecule has 2 saturated carbocycles. The largest absolute Gasteiger partial charge is 0.0620 e. The molecule has 0 radical (unpaired) electrons. The molecule has 0 amide bonds. The highest BCUT2D eigenvalue weighted by Gasteiger charge is 2.45. The molecule has 2 aliphatic carbocycles. The van der Waals surface area contributed by atoms with Gasteiger partial charge in [-0.2, -0.15) is 0 Å². The van der Waals surface area contributed by atoms with Crippen molar-refractivity contribution in [1.82, 2.24) is 0 Å². The zero-order valence-corrected chi connectivity index (χ0v) is 7.90. The van der Waals surface area contributed by atoms with Crippen LogP contribution in [0.15, 0.2) is 0 Å². The molecular formula is C11H20. The van der Waals surface area contributed by atoms with Crippen molar-refractivity contribution in [2.24, 2.45) is 17.3 Å². The van der Waals surface area contributed by atoms with Gasteiger partial charge >= 0.3 is 0 Å². The standard InChI is InChI=1S/C11H20/c1-9-7-8-11(9,2)10-5-3-4-6-10/h9-10H,3-8H2,1-2H3/t9-,11-/m1/s1. The highest BCUT2D eigenvalue weighted by Crippen LogP contribution is 2.55. The van der Waals surface area contributed by atoms with Crippen molar-refractivity contribution in [1.29, 1.82) is 0 Å². The molecule has 2 atom stereocenters. The van der Waals surface area contributed by atoms with Crippen molar-refractivity contribution < 1.29 is 0 Å². The van der Waals surface area contributed by atoms with Crippen LogP contribution in [0.25, 0.3) is 0 Å². The van der Waals surface area contributed by atoms with E-state index in [4.69, 9.17) is 0 Å². The van der Waals surface area contributed by atoms with Gasteiger partial charge in [0.1, 0.15) is 0 Å². The van der Waals surface area contributed by atoms with E-state index >= 15 is 0 Å². The average Bonchev–Trinajstić information content (AvgIpc) is 2.52. The van der Waals surface area contributed by atoms with Crippen LogP contribution >= 0.6 is 0 Å². The summed E-state index contributed by atoms with van der Waals surface area (Å²) in [7, 11) is 0.